The van der Waals surface area contributed by atoms with E-state index in [1.807, 2.05) is 94.3 Å². The SMILES string of the molecule is CCc1cnn([C@H]2C[C@@H](n3cnc4c(NCC(c5ccccc5)c5ccccc5)nc(N5CCC(NC(=O)N[C@H]6CCN(c7nc(NCC(c8ccccc8)c8ccccc8)c8ncn(C9C[C@H](n%10cc(CC)cn%10)[C@@H](O)[C@H]9O)c8n7)C6)C5)nc43)[C@H](O)[C@@H]2O)c1. The molecule has 2 aliphatic carbocycles. The molecule has 2 aliphatic heterocycles. The number of carbonyl (C=O) groups is 1. The second-order valence-electron chi connectivity index (χ2n) is 24.5. The van der Waals surface area contributed by atoms with Crippen LogP contribution in [0.2, 0.25) is 0 Å². The lowest BCUT2D eigenvalue weighted by atomic mass is 9.91. The molecule has 2 amide bonds. The van der Waals surface area contributed by atoms with Gasteiger partial charge >= 0.3 is 6.03 Å². The molecule has 0 bridgehead atoms. The van der Waals surface area contributed by atoms with Gasteiger partial charge in [0.2, 0.25) is 11.9 Å². The molecule has 4 aromatic carbocycles. The monoisotopic (exact) mass is 1210 g/mol. The molecular weight excluding hydrogens is 1140 g/mol. The first-order valence-corrected chi connectivity index (χ1v) is 31.6. The number of rotatable bonds is 20. The number of aryl methyl sites for hydroxylation is 2. The van der Waals surface area contributed by atoms with Gasteiger partial charge in [-0.1, -0.05) is 135 Å². The van der Waals surface area contributed by atoms with Crippen LogP contribution in [0.3, 0.4) is 0 Å². The van der Waals surface area contributed by atoms with Crippen LogP contribution in [0.25, 0.3) is 22.3 Å². The van der Waals surface area contributed by atoms with Crippen LogP contribution in [-0.4, -0.2) is 161 Å². The van der Waals surface area contributed by atoms with E-state index >= 15 is 0 Å². The maximum atomic E-state index is 14.1. The molecule has 2 saturated heterocycles. The smallest absolute Gasteiger partial charge is 0.315 e. The average molecular weight is 1210 g/mol. The molecule has 2 saturated carbocycles. The lowest BCUT2D eigenvalue weighted by Gasteiger charge is -2.23. The minimum absolute atomic E-state index is 0.0219. The quantitative estimate of drug-likeness (QED) is 0.0384. The van der Waals surface area contributed by atoms with Gasteiger partial charge in [-0.05, 0) is 71.9 Å². The molecule has 10 atom stereocenters. The number of aliphatic hydroxyl groups is 4. The molecule has 4 aliphatic rings. The Hall–Kier alpha value is -9.29. The van der Waals surface area contributed by atoms with Crippen molar-refractivity contribution < 1.29 is 25.2 Å². The summed E-state index contributed by atoms with van der Waals surface area (Å²) in [6, 6.07) is 38.7. The summed E-state index contributed by atoms with van der Waals surface area (Å²) in [5.41, 5.74) is 8.77. The number of aliphatic hydroxyl groups excluding tert-OH is 4. The lowest BCUT2D eigenvalue weighted by molar-refractivity contribution is 0.00721. The van der Waals surface area contributed by atoms with Crippen LogP contribution < -0.4 is 31.1 Å². The fourth-order valence-electron chi connectivity index (χ4n) is 13.9. The molecule has 90 heavy (non-hydrogen) atoms. The zero-order valence-corrected chi connectivity index (χ0v) is 50.4. The number of fused-ring (bicyclic) bond motifs is 2. The highest BCUT2D eigenvalue weighted by Gasteiger charge is 2.46. The predicted octanol–water partition coefficient (Wildman–Crippen LogP) is 6.94. The van der Waals surface area contributed by atoms with Crippen molar-refractivity contribution in [2.24, 2.45) is 0 Å². The topological polar surface area (TPSA) is 275 Å². The van der Waals surface area contributed by atoms with Crippen molar-refractivity contribution in [3.63, 3.8) is 0 Å². The largest absolute Gasteiger partial charge is 0.388 e. The van der Waals surface area contributed by atoms with E-state index in [4.69, 9.17) is 29.9 Å². The molecule has 8 heterocycles. The third-order valence-electron chi connectivity index (χ3n) is 19.0. The summed E-state index contributed by atoms with van der Waals surface area (Å²) in [4.78, 5) is 48.7. The molecule has 23 nitrogen and oxygen atoms in total. The summed E-state index contributed by atoms with van der Waals surface area (Å²) >= 11 is 0. The number of nitrogens with zero attached hydrogens (tertiary/aromatic N) is 14. The van der Waals surface area contributed by atoms with Crippen molar-refractivity contribution in [2.45, 2.75) is 125 Å². The van der Waals surface area contributed by atoms with E-state index in [0.717, 1.165) is 46.2 Å². The number of nitrogens with one attached hydrogen (secondary N) is 4. The van der Waals surface area contributed by atoms with Crippen LogP contribution in [0.4, 0.5) is 28.3 Å². The lowest BCUT2D eigenvalue weighted by Crippen LogP contribution is -2.48. The number of amides is 2. The predicted molar refractivity (Wildman–Crippen MR) is 343 cm³/mol. The van der Waals surface area contributed by atoms with Crippen LogP contribution in [0.5, 0.6) is 0 Å². The van der Waals surface area contributed by atoms with Crippen molar-refractivity contribution in [1.29, 1.82) is 0 Å². The Morgan fingerprint density at radius 1 is 0.511 bits per heavy atom. The molecule has 23 heteroatoms. The standard InChI is InChI=1S/C67H76N18O5/c1-3-41-31-72-84(35-41)53-29-51(57(86)59(53)88)82-39-70-55-61(68-33-49(43-17-9-5-10-18-43)44-19-11-6-12-20-44)76-65(78-63(55)82)80-27-25-47(37-80)74-67(90)75-48-26-28-81(38-48)66-77-62(69-34-50(45-21-13-7-14-22-45)46-23-15-8-16-24-46)56-64(79-66)83(40-71-56)52-30-54(60(89)58(52)87)85-36-42(4-2)32-73-85/h5-24,31-32,35-36,39-40,47-54,57-60,86-89H,3-4,25-30,33-34,37-38H2,1-2H3,(H,68,76,78)(H,69,77,79)(H2,74,75,90)/t47-,48?,51?,52+,53-,54-,57-,58-,59+,60+/m0/s1. The second-order valence-corrected chi connectivity index (χ2v) is 24.5. The Balaban J connectivity index is 0.697. The summed E-state index contributed by atoms with van der Waals surface area (Å²) in [7, 11) is 0. The van der Waals surface area contributed by atoms with Gasteiger partial charge in [0.1, 0.15) is 24.4 Å². The number of imidazole rings is 2. The molecule has 0 radical (unpaired) electrons. The third-order valence-corrected chi connectivity index (χ3v) is 19.0. The summed E-state index contributed by atoms with van der Waals surface area (Å²) in [6.45, 7) is 7.12. The minimum Gasteiger partial charge on any atom is -0.388 e. The van der Waals surface area contributed by atoms with Crippen molar-refractivity contribution >= 4 is 51.9 Å². The normalized spacial score (nSPS) is 23.5. The summed E-state index contributed by atoms with van der Waals surface area (Å²) in [6.07, 6.45) is 10.1. The summed E-state index contributed by atoms with van der Waals surface area (Å²) < 4.78 is 7.26. The molecule has 0 spiro atoms. The van der Waals surface area contributed by atoms with E-state index in [-0.39, 0.29) is 30.0 Å². The molecule has 4 fully saturated rings. The van der Waals surface area contributed by atoms with Gasteiger partial charge in [-0.15, -0.1) is 0 Å². The van der Waals surface area contributed by atoms with Gasteiger partial charge in [-0.3, -0.25) is 9.36 Å². The number of anilines is 4. The van der Waals surface area contributed by atoms with Crippen molar-refractivity contribution in [3.8, 4) is 0 Å². The van der Waals surface area contributed by atoms with Gasteiger partial charge in [0.05, 0.1) is 49.2 Å². The van der Waals surface area contributed by atoms with Gasteiger partial charge in [-0.2, -0.15) is 30.1 Å². The van der Waals surface area contributed by atoms with E-state index < -0.39 is 48.6 Å². The highest BCUT2D eigenvalue weighted by atomic mass is 16.3. The number of urea groups is 1. The fraction of sp³-hybridized carbons (Fsp3) is 0.388. The van der Waals surface area contributed by atoms with Crippen molar-refractivity contribution in [3.05, 3.63) is 192 Å². The molecule has 8 N–H and O–H groups in total. The maximum absolute atomic E-state index is 14.1. The van der Waals surface area contributed by atoms with E-state index in [1.54, 1.807) is 34.4 Å². The van der Waals surface area contributed by atoms with E-state index in [0.29, 0.717) is 111 Å². The van der Waals surface area contributed by atoms with Crippen LogP contribution in [0.1, 0.15) is 109 Å². The zero-order chi connectivity index (χ0) is 61.4. The molecule has 14 rings (SSSR count). The molecule has 464 valence electrons. The van der Waals surface area contributed by atoms with Gasteiger partial charge in [0.15, 0.2) is 34.0 Å². The van der Waals surface area contributed by atoms with Crippen LogP contribution in [-0.2, 0) is 12.8 Å². The molecule has 10 aromatic rings. The van der Waals surface area contributed by atoms with Crippen LogP contribution >= 0.6 is 0 Å². The van der Waals surface area contributed by atoms with Gasteiger partial charge < -0.3 is 60.6 Å². The highest BCUT2D eigenvalue weighted by molar-refractivity contribution is 5.86. The molecule has 2 unspecified atom stereocenters. The van der Waals surface area contributed by atoms with E-state index in [9.17, 15) is 25.2 Å². The number of carbonyl (C=O) groups excluding carboxylic acids is 1. The fourth-order valence-corrected chi connectivity index (χ4v) is 13.9. The van der Waals surface area contributed by atoms with Crippen molar-refractivity contribution in [2.75, 3.05) is 59.7 Å². The van der Waals surface area contributed by atoms with E-state index in [1.165, 1.54) is 0 Å². The number of aromatic nitrogens is 12. The average Bonchev–Trinajstić information content (AvgIpc) is 1.68. The van der Waals surface area contributed by atoms with E-state index in [2.05, 4.69) is 104 Å². The first-order valence-electron chi connectivity index (χ1n) is 31.6. The maximum Gasteiger partial charge on any atom is 0.315 e. The Bertz CT molecular complexity index is 3730. The Morgan fingerprint density at radius 3 is 1.23 bits per heavy atom. The Morgan fingerprint density at radius 2 is 0.878 bits per heavy atom. The minimum atomic E-state index is -1.12. The summed E-state index contributed by atoms with van der Waals surface area (Å²) in [5.74, 6) is 1.93. The first-order chi connectivity index (χ1) is 44.0. The van der Waals surface area contributed by atoms with Gasteiger partial charge in [0.25, 0.3) is 0 Å². The molecule has 6 aromatic heterocycles. The zero-order valence-electron chi connectivity index (χ0n) is 50.4. The highest BCUT2D eigenvalue weighted by Crippen LogP contribution is 2.43. The first kappa shape index (κ1) is 58.4. The van der Waals surface area contributed by atoms with Gasteiger partial charge in [-0.25, -0.2) is 14.8 Å². The van der Waals surface area contributed by atoms with Crippen LogP contribution in [0, 0.1) is 0 Å². The summed E-state index contributed by atoms with van der Waals surface area (Å²) in [5, 5.41) is 69.4. The Labute approximate surface area is 520 Å². The third kappa shape index (κ3) is 11.6. The number of hydrogen-bond donors (Lipinski definition) is 8. The number of benzene rings is 4. The molecular formula is C67H76N18O5. The second kappa shape index (κ2) is 25.3. The van der Waals surface area contributed by atoms with Crippen LogP contribution in [0.15, 0.2) is 159 Å². The Kier molecular flexibility index (Phi) is 16.4. The van der Waals surface area contributed by atoms with Crippen molar-refractivity contribution in [1.82, 2.24) is 69.2 Å². The van der Waals surface area contributed by atoms with Gasteiger partial charge in [0, 0.05) is 75.6 Å². The number of hydrogen-bond acceptors (Lipinski definition) is 17.